The highest BCUT2D eigenvalue weighted by Crippen LogP contribution is 2.34. The minimum atomic E-state index is -0.251. The molecule has 1 N–H and O–H groups in total. The fraction of sp³-hybridized carbons (Fsp3) is 0.286. The first kappa shape index (κ1) is 10.1. The molecule has 3 rings (SSSR count). The first-order valence-electron chi connectivity index (χ1n) is 5.70. The van der Waals surface area contributed by atoms with Crippen molar-refractivity contribution in [2.24, 2.45) is 0 Å². The summed E-state index contributed by atoms with van der Waals surface area (Å²) in [4.78, 5) is 0. The molecule has 1 nitrogen and oxygen atoms in total. The standard InChI is InChI=1S/C14H14OS/c15-12-5-1-4-11(9-12)13-6-2-3-10-7-8-16-14(10)13/h2-3,6-9,12,15H,1,4-5H2. The average Bonchev–Trinajstić information content (AvgIpc) is 2.76. The number of hydrogen-bond acceptors (Lipinski definition) is 2. The molecule has 82 valence electrons. The van der Waals surface area contributed by atoms with Crippen LogP contribution in [-0.4, -0.2) is 11.2 Å². The Bertz CT molecular complexity index is 538. The Morgan fingerprint density at radius 2 is 2.19 bits per heavy atom. The van der Waals surface area contributed by atoms with E-state index >= 15 is 0 Å². The van der Waals surface area contributed by atoms with Crippen LogP contribution in [0.25, 0.3) is 15.7 Å². The highest BCUT2D eigenvalue weighted by molar-refractivity contribution is 7.17. The van der Waals surface area contributed by atoms with Gasteiger partial charge in [0, 0.05) is 4.70 Å². The first-order chi connectivity index (χ1) is 7.84. The predicted octanol–water partition coefficient (Wildman–Crippen LogP) is 3.83. The first-order valence-corrected chi connectivity index (χ1v) is 6.58. The molecule has 0 amide bonds. The molecule has 16 heavy (non-hydrogen) atoms. The van der Waals surface area contributed by atoms with E-state index in [-0.39, 0.29) is 6.10 Å². The Labute approximate surface area is 99.0 Å². The van der Waals surface area contributed by atoms with E-state index in [1.807, 2.05) is 6.08 Å². The summed E-state index contributed by atoms with van der Waals surface area (Å²) in [7, 11) is 0. The van der Waals surface area contributed by atoms with Crippen LogP contribution in [-0.2, 0) is 0 Å². The van der Waals surface area contributed by atoms with E-state index in [4.69, 9.17) is 0 Å². The van der Waals surface area contributed by atoms with Crippen LogP contribution < -0.4 is 0 Å². The van der Waals surface area contributed by atoms with Crippen LogP contribution in [0, 0.1) is 0 Å². The SMILES string of the molecule is OC1C=C(c2cccc3ccsc23)CCC1. The number of thiophene rings is 1. The monoisotopic (exact) mass is 230 g/mol. The Kier molecular flexibility index (Phi) is 2.54. The maximum absolute atomic E-state index is 9.69. The number of hydrogen-bond donors (Lipinski definition) is 1. The van der Waals surface area contributed by atoms with Gasteiger partial charge in [0.15, 0.2) is 0 Å². The molecular formula is C14H14OS. The highest BCUT2D eigenvalue weighted by atomic mass is 32.1. The van der Waals surface area contributed by atoms with Gasteiger partial charge in [0.25, 0.3) is 0 Å². The Morgan fingerprint density at radius 3 is 3.06 bits per heavy atom. The maximum atomic E-state index is 9.69. The van der Waals surface area contributed by atoms with Crippen molar-refractivity contribution in [2.45, 2.75) is 25.4 Å². The van der Waals surface area contributed by atoms with Crippen LogP contribution >= 0.6 is 11.3 Å². The molecule has 0 saturated carbocycles. The van der Waals surface area contributed by atoms with Gasteiger partial charge in [-0.05, 0) is 47.2 Å². The molecule has 0 bridgehead atoms. The quantitative estimate of drug-likeness (QED) is 0.789. The van der Waals surface area contributed by atoms with Crippen molar-refractivity contribution in [1.29, 1.82) is 0 Å². The summed E-state index contributed by atoms with van der Waals surface area (Å²) in [5, 5.41) is 13.1. The third kappa shape index (κ3) is 1.68. The maximum Gasteiger partial charge on any atom is 0.0726 e. The van der Waals surface area contributed by atoms with Crippen LogP contribution in [0.5, 0.6) is 0 Å². The lowest BCUT2D eigenvalue weighted by molar-refractivity contribution is 0.206. The number of aliphatic hydroxyl groups is 1. The highest BCUT2D eigenvalue weighted by Gasteiger charge is 2.14. The van der Waals surface area contributed by atoms with E-state index in [9.17, 15) is 5.11 Å². The molecular weight excluding hydrogens is 216 g/mol. The van der Waals surface area contributed by atoms with Crippen molar-refractivity contribution in [2.75, 3.05) is 0 Å². The molecule has 1 aliphatic rings. The lowest BCUT2D eigenvalue weighted by Crippen LogP contribution is -2.08. The average molecular weight is 230 g/mol. The van der Waals surface area contributed by atoms with Crippen molar-refractivity contribution in [3.05, 3.63) is 41.3 Å². The molecule has 1 unspecified atom stereocenters. The van der Waals surface area contributed by atoms with E-state index in [1.165, 1.54) is 21.2 Å². The van der Waals surface area contributed by atoms with Gasteiger partial charge in [-0.15, -0.1) is 11.3 Å². The van der Waals surface area contributed by atoms with Gasteiger partial charge in [-0.3, -0.25) is 0 Å². The fourth-order valence-electron chi connectivity index (χ4n) is 2.37. The predicted molar refractivity (Wildman–Crippen MR) is 69.7 cm³/mol. The summed E-state index contributed by atoms with van der Waals surface area (Å²) < 4.78 is 1.35. The summed E-state index contributed by atoms with van der Waals surface area (Å²) >= 11 is 1.79. The van der Waals surface area contributed by atoms with Crippen LogP contribution in [0.2, 0.25) is 0 Å². The number of allylic oxidation sites excluding steroid dienone is 1. The number of rotatable bonds is 1. The second kappa shape index (κ2) is 4.04. The molecule has 2 aromatic rings. The summed E-state index contributed by atoms with van der Waals surface area (Å²) in [6, 6.07) is 8.58. The molecule has 1 aromatic heterocycles. The number of fused-ring (bicyclic) bond motifs is 1. The number of aliphatic hydroxyl groups excluding tert-OH is 1. The van der Waals surface area contributed by atoms with Gasteiger partial charge in [-0.2, -0.15) is 0 Å². The van der Waals surface area contributed by atoms with Crippen LogP contribution in [0.3, 0.4) is 0 Å². The smallest absolute Gasteiger partial charge is 0.0726 e. The molecule has 1 heterocycles. The minimum Gasteiger partial charge on any atom is -0.389 e. The summed E-state index contributed by atoms with van der Waals surface area (Å²) in [6.07, 6.45) is 4.86. The van der Waals surface area contributed by atoms with Gasteiger partial charge < -0.3 is 5.11 Å². The largest absolute Gasteiger partial charge is 0.389 e. The summed E-state index contributed by atoms with van der Waals surface area (Å²) in [5.74, 6) is 0. The molecule has 1 aliphatic carbocycles. The molecule has 2 heteroatoms. The second-order valence-corrected chi connectivity index (χ2v) is 5.21. The zero-order chi connectivity index (χ0) is 11.0. The minimum absolute atomic E-state index is 0.251. The Morgan fingerprint density at radius 1 is 1.25 bits per heavy atom. The van der Waals surface area contributed by atoms with Crippen LogP contribution in [0.15, 0.2) is 35.7 Å². The molecule has 0 spiro atoms. The molecule has 1 aromatic carbocycles. The Hall–Kier alpha value is -1.12. The van der Waals surface area contributed by atoms with Gasteiger partial charge >= 0.3 is 0 Å². The summed E-state index contributed by atoms with van der Waals surface area (Å²) in [6.45, 7) is 0. The lowest BCUT2D eigenvalue weighted by Gasteiger charge is -2.17. The van der Waals surface area contributed by atoms with Crippen molar-refractivity contribution in [1.82, 2.24) is 0 Å². The van der Waals surface area contributed by atoms with Gasteiger partial charge in [-0.25, -0.2) is 0 Å². The van der Waals surface area contributed by atoms with E-state index in [0.29, 0.717) is 0 Å². The van der Waals surface area contributed by atoms with Gasteiger partial charge in [0.1, 0.15) is 0 Å². The lowest BCUT2D eigenvalue weighted by atomic mass is 9.92. The number of benzene rings is 1. The zero-order valence-corrected chi connectivity index (χ0v) is 9.83. The molecule has 0 radical (unpaired) electrons. The van der Waals surface area contributed by atoms with Crippen LogP contribution in [0.1, 0.15) is 24.8 Å². The Balaban J connectivity index is 2.14. The molecule has 0 aliphatic heterocycles. The summed E-state index contributed by atoms with van der Waals surface area (Å²) in [5.41, 5.74) is 2.62. The van der Waals surface area contributed by atoms with Crippen LogP contribution in [0.4, 0.5) is 0 Å². The van der Waals surface area contributed by atoms with Crippen molar-refractivity contribution >= 4 is 27.0 Å². The normalized spacial score (nSPS) is 21.1. The molecule has 0 fully saturated rings. The van der Waals surface area contributed by atoms with Crippen molar-refractivity contribution in [3.63, 3.8) is 0 Å². The molecule has 1 atom stereocenters. The van der Waals surface area contributed by atoms with E-state index in [0.717, 1.165) is 19.3 Å². The van der Waals surface area contributed by atoms with E-state index in [2.05, 4.69) is 29.6 Å². The molecule has 0 saturated heterocycles. The third-order valence-electron chi connectivity index (χ3n) is 3.16. The van der Waals surface area contributed by atoms with Gasteiger partial charge in [0.05, 0.1) is 6.10 Å². The third-order valence-corrected chi connectivity index (χ3v) is 4.13. The zero-order valence-electron chi connectivity index (χ0n) is 9.02. The van der Waals surface area contributed by atoms with Gasteiger partial charge in [-0.1, -0.05) is 24.3 Å². The topological polar surface area (TPSA) is 20.2 Å². The van der Waals surface area contributed by atoms with Crippen molar-refractivity contribution < 1.29 is 5.11 Å². The van der Waals surface area contributed by atoms with Crippen molar-refractivity contribution in [3.8, 4) is 0 Å². The van der Waals surface area contributed by atoms with E-state index < -0.39 is 0 Å². The van der Waals surface area contributed by atoms with Gasteiger partial charge in [0.2, 0.25) is 0 Å². The van der Waals surface area contributed by atoms with E-state index in [1.54, 1.807) is 11.3 Å². The fourth-order valence-corrected chi connectivity index (χ4v) is 3.32. The second-order valence-electron chi connectivity index (χ2n) is 4.30.